The van der Waals surface area contributed by atoms with Gasteiger partial charge in [0.2, 0.25) is 10.0 Å². The Hall–Kier alpha value is -0.820. The van der Waals surface area contributed by atoms with Crippen molar-refractivity contribution in [3.63, 3.8) is 0 Å². The van der Waals surface area contributed by atoms with Crippen molar-refractivity contribution >= 4 is 15.9 Å². The molecular weight excluding hydrogens is 254 g/mol. The molecule has 0 aromatic heterocycles. The molecule has 0 atom stereocenters. The van der Waals surface area contributed by atoms with Crippen LogP contribution in [-0.2, 0) is 10.0 Å². The molecule has 0 spiro atoms. The van der Waals surface area contributed by atoms with E-state index in [-0.39, 0.29) is 11.1 Å². The fraction of sp³-hybridized carbons (Fsp3) is 0.909. The zero-order valence-electron chi connectivity index (χ0n) is 10.6. The molecule has 1 aliphatic rings. The Kier molecular flexibility index (Phi) is 6.42. The van der Waals surface area contributed by atoms with E-state index in [9.17, 15) is 8.42 Å². The lowest BCUT2D eigenvalue weighted by Crippen LogP contribution is -2.36. The lowest BCUT2D eigenvalue weighted by molar-refractivity contribution is 0.316. The van der Waals surface area contributed by atoms with Crippen LogP contribution in [0.1, 0.15) is 51.4 Å². The van der Waals surface area contributed by atoms with Crippen LogP contribution >= 0.6 is 0 Å². The summed E-state index contributed by atoms with van der Waals surface area (Å²) in [5, 5.41) is 11.0. The number of rotatable bonds is 7. The first-order chi connectivity index (χ1) is 8.56. The minimum absolute atomic E-state index is 0.185. The van der Waals surface area contributed by atoms with Crippen molar-refractivity contribution in [1.82, 2.24) is 4.72 Å². The normalized spacial score (nSPS) is 19.0. The van der Waals surface area contributed by atoms with Crippen LogP contribution in [0.4, 0.5) is 0 Å². The molecule has 1 aliphatic carbocycles. The van der Waals surface area contributed by atoms with Crippen molar-refractivity contribution in [2.75, 3.05) is 6.54 Å². The lowest BCUT2D eigenvalue weighted by Gasteiger charge is -2.21. The number of nitrogens with zero attached hydrogens (tertiary/aromatic N) is 1. The molecule has 106 valence electrons. The number of unbranched alkanes of at least 4 members (excludes halogenated alkanes) is 1. The first kappa shape index (κ1) is 15.2. The summed E-state index contributed by atoms with van der Waals surface area (Å²) in [6, 6.07) is 0. The maximum Gasteiger partial charge on any atom is 0.214 e. The monoisotopic (exact) mass is 277 g/mol. The van der Waals surface area contributed by atoms with Gasteiger partial charge in [0.25, 0.3) is 0 Å². The van der Waals surface area contributed by atoms with Crippen LogP contribution in [0.25, 0.3) is 0 Å². The average Bonchev–Trinajstić information content (AvgIpc) is 2.39. The molecular formula is C11H23N3O3S. The Morgan fingerprint density at radius 1 is 1.28 bits per heavy atom. The van der Waals surface area contributed by atoms with Crippen molar-refractivity contribution in [3.8, 4) is 0 Å². The Bertz CT molecular complexity index is 362. The fourth-order valence-electron chi connectivity index (χ4n) is 2.19. The van der Waals surface area contributed by atoms with Gasteiger partial charge in [-0.1, -0.05) is 24.4 Å². The highest BCUT2D eigenvalue weighted by atomic mass is 32.2. The molecule has 0 aromatic carbocycles. The summed E-state index contributed by atoms with van der Waals surface area (Å²) in [5.41, 5.74) is 5.32. The van der Waals surface area contributed by atoms with Crippen molar-refractivity contribution in [3.05, 3.63) is 0 Å². The number of nitrogens with one attached hydrogen (secondary N) is 1. The number of hydrogen-bond donors (Lipinski definition) is 3. The van der Waals surface area contributed by atoms with Crippen LogP contribution in [0.5, 0.6) is 0 Å². The molecule has 1 saturated carbocycles. The minimum Gasteiger partial charge on any atom is -0.409 e. The van der Waals surface area contributed by atoms with Gasteiger partial charge in [0, 0.05) is 13.0 Å². The molecule has 1 rings (SSSR count). The highest BCUT2D eigenvalue weighted by molar-refractivity contribution is 7.90. The second-order valence-electron chi connectivity index (χ2n) is 4.75. The Balaban J connectivity index is 2.21. The maximum absolute atomic E-state index is 11.9. The molecule has 0 radical (unpaired) electrons. The van der Waals surface area contributed by atoms with Crippen molar-refractivity contribution < 1.29 is 13.6 Å². The third-order valence-corrected chi connectivity index (χ3v) is 5.24. The smallest absolute Gasteiger partial charge is 0.214 e. The van der Waals surface area contributed by atoms with E-state index in [2.05, 4.69) is 9.88 Å². The van der Waals surface area contributed by atoms with Gasteiger partial charge in [0.05, 0.1) is 5.25 Å². The highest BCUT2D eigenvalue weighted by Crippen LogP contribution is 2.22. The molecule has 0 aromatic rings. The predicted octanol–water partition coefficient (Wildman–Crippen LogP) is 1.16. The van der Waals surface area contributed by atoms with Crippen molar-refractivity contribution in [2.24, 2.45) is 10.9 Å². The number of hydrogen-bond acceptors (Lipinski definition) is 4. The summed E-state index contributed by atoms with van der Waals surface area (Å²) in [7, 11) is -3.15. The third-order valence-electron chi connectivity index (χ3n) is 3.28. The summed E-state index contributed by atoms with van der Waals surface area (Å²) in [6.07, 6.45) is 6.61. The second-order valence-corrected chi connectivity index (χ2v) is 6.79. The molecule has 6 nitrogen and oxygen atoms in total. The number of amidine groups is 1. The summed E-state index contributed by atoms with van der Waals surface area (Å²) in [6.45, 7) is 0.428. The van der Waals surface area contributed by atoms with Crippen LogP contribution < -0.4 is 10.5 Å². The van der Waals surface area contributed by atoms with Gasteiger partial charge in [-0.3, -0.25) is 0 Å². The molecule has 18 heavy (non-hydrogen) atoms. The fourth-order valence-corrected chi connectivity index (χ4v) is 3.81. The van der Waals surface area contributed by atoms with Crippen LogP contribution in [0.2, 0.25) is 0 Å². The van der Waals surface area contributed by atoms with Gasteiger partial charge in [-0.15, -0.1) is 0 Å². The average molecular weight is 277 g/mol. The van der Waals surface area contributed by atoms with E-state index >= 15 is 0 Å². The maximum atomic E-state index is 11.9. The lowest BCUT2D eigenvalue weighted by atomic mass is 10.0. The first-order valence-corrected chi connectivity index (χ1v) is 8.06. The molecule has 4 N–H and O–H groups in total. The number of sulfonamides is 1. The van der Waals surface area contributed by atoms with E-state index in [1.165, 1.54) is 0 Å². The molecule has 1 fully saturated rings. The quantitative estimate of drug-likeness (QED) is 0.213. The second kappa shape index (κ2) is 7.58. The van der Waals surface area contributed by atoms with Gasteiger partial charge in [-0.05, 0) is 25.7 Å². The standard InChI is InChI=1S/C11H23N3O3S/c12-11(14-15)8-4-5-9-13-18(16,17)10-6-2-1-3-7-10/h10,13,15H,1-9H2,(H2,12,14). The van der Waals surface area contributed by atoms with E-state index in [1.54, 1.807) is 0 Å². The molecule has 7 heteroatoms. The van der Waals surface area contributed by atoms with Crippen molar-refractivity contribution in [1.29, 1.82) is 0 Å². The Morgan fingerprint density at radius 2 is 1.94 bits per heavy atom. The summed E-state index contributed by atoms with van der Waals surface area (Å²) in [4.78, 5) is 0. The van der Waals surface area contributed by atoms with Crippen LogP contribution in [0.3, 0.4) is 0 Å². The van der Waals surface area contributed by atoms with E-state index in [0.29, 0.717) is 25.8 Å². The van der Waals surface area contributed by atoms with Gasteiger partial charge in [0.1, 0.15) is 5.84 Å². The molecule has 0 amide bonds. The zero-order chi connectivity index (χ0) is 13.4. The van der Waals surface area contributed by atoms with E-state index in [1.807, 2.05) is 0 Å². The Morgan fingerprint density at radius 3 is 2.56 bits per heavy atom. The molecule has 0 saturated heterocycles. The molecule has 0 unspecified atom stereocenters. The van der Waals surface area contributed by atoms with Gasteiger partial charge in [-0.2, -0.15) is 0 Å². The van der Waals surface area contributed by atoms with Gasteiger partial charge < -0.3 is 10.9 Å². The topological polar surface area (TPSA) is 105 Å². The summed E-state index contributed by atoms with van der Waals surface area (Å²) >= 11 is 0. The molecule has 0 bridgehead atoms. The number of nitrogens with two attached hydrogens (primary N) is 1. The third kappa shape index (κ3) is 5.22. The van der Waals surface area contributed by atoms with Gasteiger partial charge in [0.15, 0.2) is 0 Å². The van der Waals surface area contributed by atoms with E-state index < -0.39 is 10.0 Å². The van der Waals surface area contributed by atoms with Crippen LogP contribution in [0.15, 0.2) is 5.16 Å². The predicted molar refractivity (Wildman–Crippen MR) is 71.1 cm³/mol. The van der Waals surface area contributed by atoms with Crippen molar-refractivity contribution in [2.45, 2.75) is 56.6 Å². The SMILES string of the molecule is NC(CCCCNS(=O)(=O)C1CCCCC1)=NO. The summed E-state index contributed by atoms with van der Waals surface area (Å²) < 4.78 is 26.5. The van der Waals surface area contributed by atoms with E-state index in [0.717, 1.165) is 32.1 Å². The molecule has 0 heterocycles. The highest BCUT2D eigenvalue weighted by Gasteiger charge is 2.26. The Labute approximate surface area is 109 Å². The summed E-state index contributed by atoms with van der Waals surface area (Å²) in [5.74, 6) is 0.185. The minimum atomic E-state index is -3.15. The molecule has 0 aliphatic heterocycles. The zero-order valence-corrected chi connectivity index (χ0v) is 11.5. The van der Waals surface area contributed by atoms with Crippen LogP contribution in [-0.4, -0.2) is 31.3 Å². The van der Waals surface area contributed by atoms with Gasteiger partial charge in [-0.25, -0.2) is 13.1 Å². The van der Waals surface area contributed by atoms with E-state index in [4.69, 9.17) is 10.9 Å². The first-order valence-electron chi connectivity index (χ1n) is 6.51. The van der Waals surface area contributed by atoms with Gasteiger partial charge >= 0.3 is 0 Å². The largest absolute Gasteiger partial charge is 0.409 e. The van der Waals surface area contributed by atoms with Crippen LogP contribution in [0, 0.1) is 0 Å². The number of oxime groups is 1.